The minimum atomic E-state index is -1.08. The van der Waals surface area contributed by atoms with Crippen molar-refractivity contribution in [3.8, 4) is 0 Å². The number of aromatic amines is 1. The Morgan fingerprint density at radius 1 is 1.24 bits per heavy atom. The van der Waals surface area contributed by atoms with Crippen LogP contribution in [0.15, 0.2) is 16.9 Å². The highest BCUT2D eigenvalue weighted by Gasteiger charge is 2.22. The van der Waals surface area contributed by atoms with Gasteiger partial charge in [-0.2, -0.15) is 0 Å². The van der Waals surface area contributed by atoms with E-state index in [1.165, 1.54) is 6.07 Å². The monoisotopic (exact) mass is 294 g/mol. The van der Waals surface area contributed by atoms with Gasteiger partial charge < -0.3 is 15.4 Å². The lowest BCUT2D eigenvalue weighted by molar-refractivity contribution is -0.139. The number of aliphatic carboxylic acids is 1. The lowest BCUT2D eigenvalue weighted by Gasteiger charge is -2.16. The second-order valence-corrected chi connectivity index (χ2v) is 5.84. The first kappa shape index (κ1) is 16.9. The summed E-state index contributed by atoms with van der Waals surface area (Å²) in [4.78, 5) is 37.5. The number of hydrogen-bond acceptors (Lipinski definition) is 3. The molecule has 1 aromatic rings. The van der Waals surface area contributed by atoms with Crippen LogP contribution in [-0.4, -0.2) is 28.0 Å². The van der Waals surface area contributed by atoms with E-state index in [0.29, 0.717) is 12.1 Å². The summed E-state index contributed by atoms with van der Waals surface area (Å²) in [6.07, 6.45) is 0.335. The summed E-state index contributed by atoms with van der Waals surface area (Å²) < 4.78 is 0. The molecule has 1 amide bonds. The van der Waals surface area contributed by atoms with Gasteiger partial charge in [-0.1, -0.05) is 27.7 Å². The van der Waals surface area contributed by atoms with Crippen LogP contribution < -0.4 is 10.9 Å². The van der Waals surface area contributed by atoms with E-state index in [1.54, 1.807) is 6.07 Å². The number of H-pyrrole nitrogens is 1. The molecule has 116 valence electrons. The number of carboxylic acids is 1. The summed E-state index contributed by atoms with van der Waals surface area (Å²) >= 11 is 0. The Hall–Kier alpha value is -2.11. The largest absolute Gasteiger partial charge is 0.480 e. The number of rotatable bonds is 6. The van der Waals surface area contributed by atoms with Crippen LogP contribution in [0.1, 0.15) is 56.1 Å². The molecule has 0 fully saturated rings. The first-order chi connectivity index (χ1) is 9.70. The Bertz CT molecular complexity index is 575. The lowest BCUT2D eigenvalue weighted by atomic mass is 10.0. The highest BCUT2D eigenvalue weighted by molar-refractivity contribution is 5.96. The molecule has 0 aliphatic heterocycles. The van der Waals surface area contributed by atoms with E-state index in [9.17, 15) is 14.4 Å². The standard InChI is InChI=1S/C15H22N2O4/c1-8(2)5-12(15(20)21)17-14(19)10-6-11(9(3)4)16-13(18)7-10/h6-9,12H,5H2,1-4H3,(H,16,18)(H,17,19)(H,20,21). The van der Waals surface area contributed by atoms with Gasteiger partial charge in [0.1, 0.15) is 6.04 Å². The Morgan fingerprint density at radius 3 is 2.33 bits per heavy atom. The van der Waals surface area contributed by atoms with Crippen molar-refractivity contribution in [2.75, 3.05) is 0 Å². The van der Waals surface area contributed by atoms with Gasteiger partial charge in [-0.25, -0.2) is 4.79 Å². The topological polar surface area (TPSA) is 99.3 Å². The average Bonchev–Trinajstić information content (AvgIpc) is 2.36. The first-order valence-corrected chi connectivity index (χ1v) is 6.98. The van der Waals surface area contributed by atoms with Gasteiger partial charge in [-0.3, -0.25) is 9.59 Å². The summed E-state index contributed by atoms with van der Waals surface area (Å²) in [6.45, 7) is 7.55. The molecular weight excluding hydrogens is 272 g/mol. The smallest absolute Gasteiger partial charge is 0.326 e. The van der Waals surface area contributed by atoms with E-state index in [-0.39, 0.29) is 23.0 Å². The zero-order valence-corrected chi connectivity index (χ0v) is 12.8. The summed E-state index contributed by atoms with van der Waals surface area (Å²) in [5, 5.41) is 11.6. The van der Waals surface area contributed by atoms with Crippen molar-refractivity contribution in [2.24, 2.45) is 5.92 Å². The molecule has 0 bridgehead atoms. The van der Waals surface area contributed by atoms with Crippen molar-refractivity contribution in [1.82, 2.24) is 10.3 Å². The minimum absolute atomic E-state index is 0.0661. The van der Waals surface area contributed by atoms with Gasteiger partial charge in [0.2, 0.25) is 5.56 Å². The maximum atomic E-state index is 12.1. The second kappa shape index (κ2) is 7.06. The van der Waals surface area contributed by atoms with Crippen LogP contribution in [0.25, 0.3) is 0 Å². The van der Waals surface area contributed by atoms with Crippen molar-refractivity contribution in [3.63, 3.8) is 0 Å². The molecule has 1 heterocycles. The number of carboxylic acid groups (broad SMARTS) is 1. The predicted octanol–water partition coefficient (Wildman–Crippen LogP) is 1.73. The summed E-state index contributed by atoms with van der Waals surface area (Å²) in [7, 11) is 0. The van der Waals surface area contributed by atoms with Crippen LogP contribution in [0.5, 0.6) is 0 Å². The van der Waals surface area contributed by atoms with Crippen LogP contribution in [-0.2, 0) is 4.79 Å². The van der Waals surface area contributed by atoms with E-state index in [4.69, 9.17) is 5.11 Å². The third-order valence-electron chi connectivity index (χ3n) is 3.06. The molecule has 3 N–H and O–H groups in total. The fourth-order valence-corrected chi connectivity index (χ4v) is 1.94. The van der Waals surface area contributed by atoms with E-state index in [0.717, 1.165) is 0 Å². The molecule has 0 radical (unpaired) electrons. The summed E-state index contributed by atoms with van der Waals surface area (Å²) in [5.74, 6) is -1.42. The zero-order valence-electron chi connectivity index (χ0n) is 12.8. The third-order valence-corrected chi connectivity index (χ3v) is 3.06. The maximum Gasteiger partial charge on any atom is 0.326 e. The first-order valence-electron chi connectivity index (χ1n) is 6.98. The predicted molar refractivity (Wildman–Crippen MR) is 79.5 cm³/mol. The molecule has 0 saturated heterocycles. The zero-order chi connectivity index (χ0) is 16.2. The Kier molecular flexibility index (Phi) is 5.69. The number of carbonyl (C=O) groups excluding carboxylic acids is 1. The van der Waals surface area contributed by atoms with Crippen molar-refractivity contribution in [3.05, 3.63) is 33.7 Å². The molecule has 0 saturated carbocycles. The highest BCUT2D eigenvalue weighted by atomic mass is 16.4. The summed E-state index contributed by atoms with van der Waals surface area (Å²) in [5.41, 5.74) is 0.447. The molecule has 0 aliphatic carbocycles. The molecule has 0 aliphatic rings. The van der Waals surface area contributed by atoms with Crippen molar-refractivity contribution in [1.29, 1.82) is 0 Å². The van der Waals surface area contributed by atoms with Crippen molar-refractivity contribution >= 4 is 11.9 Å². The lowest BCUT2D eigenvalue weighted by Crippen LogP contribution is -2.42. The van der Waals surface area contributed by atoms with Gasteiger partial charge in [0.15, 0.2) is 0 Å². The summed E-state index contributed by atoms with van der Waals surface area (Å²) in [6, 6.07) is 1.80. The quantitative estimate of drug-likeness (QED) is 0.744. The van der Waals surface area contributed by atoms with Crippen molar-refractivity contribution < 1.29 is 14.7 Å². The average molecular weight is 294 g/mol. The number of pyridine rings is 1. The molecule has 0 spiro atoms. The third kappa shape index (κ3) is 5.06. The number of carbonyl (C=O) groups is 2. The Morgan fingerprint density at radius 2 is 1.86 bits per heavy atom. The van der Waals surface area contributed by atoms with E-state index >= 15 is 0 Å². The van der Waals surface area contributed by atoms with Gasteiger partial charge in [-0.05, 0) is 24.3 Å². The van der Waals surface area contributed by atoms with Gasteiger partial charge >= 0.3 is 5.97 Å². The van der Waals surface area contributed by atoms with Crippen molar-refractivity contribution in [2.45, 2.75) is 46.1 Å². The number of nitrogens with one attached hydrogen (secondary N) is 2. The molecule has 1 aromatic heterocycles. The Labute approximate surface area is 123 Å². The van der Waals surface area contributed by atoms with Crippen LogP contribution in [0.3, 0.4) is 0 Å². The maximum absolute atomic E-state index is 12.1. The molecule has 6 nitrogen and oxygen atoms in total. The fraction of sp³-hybridized carbons (Fsp3) is 0.533. The Balaban J connectivity index is 2.97. The number of amides is 1. The van der Waals surface area contributed by atoms with Crippen LogP contribution in [0.4, 0.5) is 0 Å². The van der Waals surface area contributed by atoms with Gasteiger partial charge in [0, 0.05) is 17.3 Å². The van der Waals surface area contributed by atoms with Gasteiger partial charge in [0.05, 0.1) is 0 Å². The number of hydrogen-bond donors (Lipinski definition) is 3. The SMILES string of the molecule is CC(C)CC(NC(=O)c1cc(C(C)C)[nH]c(=O)c1)C(=O)O. The van der Waals surface area contributed by atoms with Crippen LogP contribution >= 0.6 is 0 Å². The molecule has 21 heavy (non-hydrogen) atoms. The highest BCUT2D eigenvalue weighted by Crippen LogP contribution is 2.12. The van der Waals surface area contributed by atoms with Crippen LogP contribution in [0.2, 0.25) is 0 Å². The van der Waals surface area contributed by atoms with E-state index in [1.807, 2.05) is 27.7 Å². The van der Waals surface area contributed by atoms with E-state index in [2.05, 4.69) is 10.3 Å². The molecule has 1 rings (SSSR count). The van der Waals surface area contributed by atoms with Gasteiger partial charge in [-0.15, -0.1) is 0 Å². The molecule has 1 atom stereocenters. The number of aromatic nitrogens is 1. The fourth-order valence-electron chi connectivity index (χ4n) is 1.94. The van der Waals surface area contributed by atoms with E-state index < -0.39 is 17.9 Å². The molecule has 1 unspecified atom stereocenters. The normalized spacial score (nSPS) is 12.5. The molecular formula is C15H22N2O4. The molecule has 0 aromatic carbocycles. The van der Waals surface area contributed by atoms with Gasteiger partial charge in [0.25, 0.3) is 5.91 Å². The molecule has 6 heteroatoms. The van der Waals surface area contributed by atoms with Crippen LogP contribution in [0, 0.1) is 5.92 Å². The minimum Gasteiger partial charge on any atom is -0.480 e. The second-order valence-electron chi connectivity index (χ2n) is 5.84.